The molecule has 1 aromatic heterocycles. The molecule has 0 saturated carbocycles. The van der Waals surface area contributed by atoms with Crippen molar-refractivity contribution < 1.29 is 19.4 Å². The molecule has 0 bridgehead atoms. The number of aliphatic hydroxyl groups is 1. The summed E-state index contributed by atoms with van der Waals surface area (Å²) in [6.45, 7) is 1.75. The number of rotatable bonds is 8. The molecule has 3 aromatic carbocycles. The van der Waals surface area contributed by atoms with Crippen LogP contribution in [-0.2, 0) is 17.6 Å². The molecule has 4 aromatic rings. The molecule has 0 spiro atoms. The fourth-order valence-corrected chi connectivity index (χ4v) is 5.01. The number of hydrogen-bond acceptors (Lipinski definition) is 4. The van der Waals surface area contributed by atoms with E-state index in [1.807, 2.05) is 47.4 Å². The van der Waals surface area contributed by atoms with E-state index in [0.717, 1.165) is 77.4 Å². The van der Waals surface area contributed by atoms with Crippen LogP contribution < -0.4 is 0 Å². The van der Waals surface area contributed by atoms with Gasteiger partial charge in [-0.1, -0.05) is 48.5 Å². The van der Waals surface area contributed by atoms with Gasteiger partial charge >= 0.3 is 0 Å². The maximum absolute atomic E-state index is 12.2. The summed E-state index contributed by atoms with van der Waals surface area (Å²) >= 11 is 0. The Labute approximate surface area is 199 Å². The molecule has 1 amide bonds. The number of aliphatic hydroxyl groups excluding tert-OH is 1. The molecule has 1 atom stereocenters. The average Bonchev–Trinajstić information content (AvgIpc) is 3.51. The van der Waals surface area contributed by atoms with Gasteiger partial charge in [-0.05, 0) is 67.3 Å². The summed E-state index contributed by atoms with van der Waals surface area (Å²) in [5, 5.41) is 22.9. The van der Waals surface area contributed by atoms with Crippen LogP contribution in [0.3, 0.4) is 0 Å². The van der Waals surface area contributed by atoms with Crippen molar-refractivity contribution in [3.63, 3.8) is 0 Å². The van der Waals surface area contributed by atoms with Gasteiger partial charge in [-0.3, -0.25) is 4.79 Å². The zero-order valence-electron chi connectivity index (χ0n) is 19.4. The van der Waals surface area contributed by atoms with Crippen molar-refractivity contribution in [2.75, 3.05) is 13.1 Å². The monoisotopic (exact) mass is 457 g/mol. The third-order valence-corrected chi connectivity index (χ3v) is 6.97. The van der Waals surface area contributed by atoms with E-state index >= 15 is 0 Å². The summed E-state index contributed by atoms with van der Waals surface area (Å²) in [5.41, 5.74) is 4.45. The molecule has 176 valence electrons. The third-order valence-electron chi connectivity index (χ3n) is 6.97. The van der Waals surface area contributed by atoms with Crippen LogP contribution in [0.5, 0.6) is 5.75 Å². The Kier molecular flexibility index (Phi) is 6.54. The highest BCUT2D eigenvalue weighted by Gasteiger charge is 2.19. The molecule has 0 radical (unpaired) electrons. The number of aryl methyl sites for hydroxylation is 2. The molecule has 1 unspecified atom stereocenters. The van der Waals surface area contributed by atoms with Gasteiger partial charge in [-0.25, -0.2) is 0 Å². The maximum Gasteiger partial charge on any atom is 0.222 e. The van der Waals surface area contributed by atoms with Crippen molar-refractivity contribution in [1.29, 1.82) is 0 Å². The van der Waals surface area contributed by atoms with Crippen molar-refractivity contribution in [2.45, 2.75) is 51.0 Å². The lowest BCUT2D eigenvalue weighted by atomic mass is 10.00. The molecule has 1 aliphatic rings. The predicted molar refractivity (Wildman–Crippen MR) is 134 cm³/mol. The van der Waals surface area contributed by atoms with Gasteiger partial charge in [-0.15, -0.1) is 0 Å². The number of likely N-dealkylation sites (tertiary alicyclic amines) is 1. The number of benzene rings is 3. The molecule has 5 nitrogen and oxygen atoms in total. The minimum Gasteiger partial charge on any atom is -0.508 e. The van der Waals surface area contributed by atoms with Crippen molar-refractivity contribution in [1.82, 2.24) is 4.90 Å². The van der Waals surface area contributed by atoms with E-state index in [1.54, 1.807) is 6.07 Å². The number of amides is 1. The van der Waals surface area contributed by atoms with Crippen LogP contribution in [0.1, 0.15) is 54.9 Å². The second kappa shape index (κ2) is 9.90. The number of furan rings is 1. The van der Waals surface area contributed by atoms with Gasteiger partial charge in [0.1, 0.15) is 16.9 Å². The molecule has 0 aliphatic carbocycles. The molecule has 34 heavy (non-hydrogen) atoms. The average molecular weight is 458 g/mol. The summed E-state index contributed by atoms with van der Waals surface area (Å²) in [6.07, 6.45) is 4.78. The van der Waals surface area contributed by atoms with Gasteiger partial charge in [-0.2, -0.15) is 0 Å². The van der Waals surface area contributed by atoms with Crippen molar-refractivity contribution in [2.24, 2.45) is 0 Å². The van der Waals surface area contributed by atoms with E-state index in [0.29, 0.717) is 25.0 Å². The number of nitrogens with zero attached hydrogens (tertiary/aromatic N) is 1. The van der Waals surface area contributed by atoms with Crippen molar-refractivity contribution in [3.8, 4) is 5.75 Å². The zero-order chi connectivity index (χ0) is 23.5. The first kappa shape index (κ1) is 22.5. The van der Waals surface area contributed by atoms with Crippen LogP contribution in [0.2, 0.25) is 0 Å². The van der Waals surface area contributed by atoms with Gasteiger partial charge in [0, 0.05) is 30.3 Å². The fraction of sp³-hybridized carbons (Fsp3) is 0.345. The summed E-state index contributed by atoms with van der Waals surface area (Å²) in [5.74, 6) is 0.522. The third kappa shape index (κ3) is 4.66. The second-order valence-electron chi connectivity index (χ2n) is 9.28. The zero-order valence-corrected chi connectivity index (χ0v) is 19.4. The number of hydrogen-bond donors (Lipinski definition) is 2. The lowest BCUT2D eigenvalue weighted by Gasteiger charge is -2.16. The van der Waals surface area contributed by atoms with Crippen LogP contribution in [0.4, 0.5) is 0 Å². The van der Waals surface area contributed by atoms with Crippen LogP contribution in [-0.4, -0.2) is 34.1 Å². The number of carbonyl (C=O) groups is 1. The maximum atomic E-state index is 12.2. The highest BCUT2D eigenvalue weighted by molar-refractivity contribution is 6.06. The minimum absolute atomic E-state index is 0.203. The number of fused-ring (bicyclic) bond motifs is 3. The summed E-state index contributed by atoms with van der Waals surface area (Å²) < 4.78 is 6.27. The molecule has 1 saturated heterocycles. The van der Waals surface area contributed by atoms with Crippen molar-refractivity contribution >= 4 is 27.8 Å². The normalized spacial score (nSPS) is 14.8. The van der Waals surface area contributed by atoms with Gasteiger partial charge in [0.25, 0.3) is 0 Å². The lowest BCUT2D eigenvalue weighted by molar-refractivity contribution is -0.130. The lowest BCUT2D eigenvalue weighted by Crippen LogP contribution is -2.27. The Bertz CT molecular complexity index is 1300. The van der Waals surface area contributed by atoms with Crippen LogP contribution >= 0.6 is 0 Å². The Morgan fingerprint density at radius 3 is 2.53 bits per heavy atom. The van der Waals surface area contributed by atoms with E-state index in [4.69, 9.17) is 4.42 Å². The molecular formula is C29H31NO4. The fourth-order valence-electron chi connectivity index (χ4n) is 5.01. The summed E-state index contributed by atoms with van der Waals surface area (Å²) in [6, 6.07) is 19.5. The SMILES string of the molecule is O=C(CCCC(O)c1ccc2c(c1)oc1c(CCc3ccccc3O)cccc12)N1CCCC1. The predicted octanol–water partition coefficient (Wildman–Crippen LogP) is 5.90. The Morgan fingerprint density at radius 1 is 0.941 bits per heavy atom. The van der Waals surface area contributed by atoms with E-state index in [9.17, 15) is 15.0 Å². The molecule has 1 fully saturated rings. The van der Waals surface area contributed by atoms with Crippen LogP contribution in [0, 0.1) is 0 Å². The number of phenolic OH excluding ortho intramolecular Hbond substituents is 1. The molecule has 5 heteroatoms. The summed E-state index contributed by atoms with van der Waals surface area (Å²) in [4.78, 5) is 14.2. The van der Waals surface area contributed by atoms with Crippen molar-refractivity contribution in [3.05, 3.63) is 77.4 Å². The topological polar surface area (TPSA) is 73.9 Å². The highest BCUT2D eigenvalue weighted by Crippen LogP contribution is 2.34. The smallest absolute Gasteiger partial charge is 0.222 e. The largest absolute Gasteiger partial charge is 0.508 e. The first-order chi connectivity index (χ1) is 16.6. The van der Waals surface area contributed by atoms with Crippen LogP contribution in [0.15, 0.2) is 65.1 Å². The number of para-hydroxylation sites is 2. The molecular weight excluding hydrogens is 426 g/mol. The standard InChI is InChI=1S/C29H31NO4/c31-25-10-2-1-7-20(25)13-14-21-8-5-9-24-23-16-15-22(19-27(23)34-29(21)24)26(32)11-6-12-28(33)30-17-3-4-18-30/h1-2,5,7-10,15-16,19,26,31-32H,3-4,6,11-14,17-18H2. The quantitative estimate of drug-likeness (QED) is 0.345. The van der Waals surface area contributed by atoms with Gasteiger partial charge in [0.05, 0.1) is 6.10 Å². The second-order valence-corrected chi connectivity index (χ2v) is 9.28. The number of carbonyl (C=O) groups excluding carboxylic acids is 1. The minimum atomic E-state index is -0.621. The van der Waals surface area contributed by atoms with E-state index < -0.39 is 6.10 Å². The first-order valence-electron chi connectivity index (χ1n) is 12.3. The Hall–Kier alpha value is -3.31. The van der Waals surface area contributed by atoms with E-state index in [1.165, 1.54) is 0 Å². The highest BCUT2D eigenvalue weighted by atomic mass is 16.3. The van der Waals surface area contributed by atoms with Crippen LogP contribution in [0.25, 0.3) is 21.9 Å². The number of phenols is 1. The van der Waals surface area contributed by atoms with Gasteiger partial charge < -0.3 is 19.5 Å². The van der Waals surface area contributed by atoms with Gasteiger partial charge in [0.2, 0.25) is 5.91 Å². The van der Waals surface area contributed by atoms with E-state index in [2.05, 4.69) is 12.1 Å². The first-order valence-corrected chi connectivity index (χ1v) is 12.3. The number of aromatic hydroxyl groups is 1. The Morgan fingerprint density at radius 2 is 1.71 bits per heavy atom. The molecule has 2 heterocycles. The molecule has 5 rings (SSSR count). The van der Waals surface area contributed by atoms with E-state index in [-0.39, 0.29) is 5.91 Å². The summed E-state index contributed by atoms with van der Waals surface area (Å²) in [7, 11) is 0. The van der Waals surface area contributed by atoms with Gasteiger partial charge in [0.15, 0.2) is 0 Å². The Balaban J connectivity index is 1.29. The molecule has 2 N–H and O–H groups in total. The molecule has 1 aliphatic heterocycles.